The molecule has 11 nitrogen and oxygen atoms in total. The second kappa shape index (κ2) is 9.00. The van der Waals surface area contributed by atoms with Crippen molar-refractivity contribution in [1.82, 2.24) is 24.7 Å². The molecule has 4 rings (SSSR count). The molecule has 0 fully saturated rings. The highest BCUT2D eigenvalue weighted by molar-refractivity contribution is 6.33. The molecule has 0 aliphatic rings. The molecule has 170 valence electrons. The number of carbonyl (C=O) groups excluding carboxylic acids is 1. The van der Waals surface area contributed by atoms with Gasteiger partial charge in [-0.1, -0.05) is 34.4 Å². The first kappa shape index (κ1) is 22.4. The van der Waals surface area contributed by atoms with E-state index < -0.39 is 16.6 Å². The predicted octanol–water partition coefficient (Wildman–Crippen LogP) is 4.08. The lowest BCUT2D eigenvalue weighted by Gasteiger charge is -2.05. The molecule has 3 heterocycles. The number of carbonyl (C=O) groups is 1. The topological polar surface area (TPSA) is 134 Å². The van der Waals surface area contributed by atoms with Crippen molar-refractivity contribution in [1.29, 1.82) is 0 Å². The number of halogens is 3. The van der Waals surface area contributed by atoms with E-state index in [9.17, 15) is 19.3 Å². The zero-order valence-electron chi connectivity index (χ0n) is 16.8. The molecule has 1 N–H and O–H groups in total. The fourth-order valence-corrected chi connectivity index (χ4v) is 3.43. The molecule has 14 heteroatoms. The van der Waals surface area contributed by atoms with E-state index in [1.54, 1.807) is 6.92 Å². The third-order valence-electron chi connectivity index (χ3n) is 4.63. The Morgan fingerprint density at radius 2 is 2.00 bits per heavy atom. The minimum atomic E-state index is -0.643. The minimum Gasteiger partial charge on any atom is -0.361 e. The summed E-state index contributed by atoms with van der Waals surface area (Å²) in [5, 5.41) is 25.6. The first-order chi connectivity index (χ1) is 15.7. The summed E-state index contributed by atoms with van der Waals surface area (Å²) in [6.45, 7) is 1.82. The van der Waals surface area contributed by atoms with Crippen LogP contribution in [0.2, 0.25) is 10.0 Å². The van der Waals surface area contributed by atoms with E-state index >= 15 is 0 Å². The first-order valence-electron chi connectivity index (χ1n) is 9.32. The van der Waals surface area contributed by atoms with Gasteiger partial charge in [0.1, 0.15) is 16.6 Å². The maximum absolute atomic E-state index is 13.2. The van der Waals surface area contributed by atoms with Gasteiger partial charge < -0.3 is 20.0 Å². The largest absolute Gasteiger partial charge is 0.389 e. The van der Waals surface area contributed by atoms with Gasteiger partial charge in [-0.05, 0) is 29.5 Å². The van der Waals surface area contributed by atoms with E-state index in [2.05, 4.69) is 20.7 Å². The summed E-state index contributed by atoms with van der Waals surface area (Å²) >= 11 is 12.3. The quantitative estimate of drug-likeness (QED) is 0.302. The number of rotatable bonds is 7. The molecule has 4 aromatic rings. The number of hydrogen-bond acceptors (Lipinski definition) is 7. The number of aromatic nitrogens is 5. The number of anilines is 1. The van der Waals surface area contributed by atoms with Gasteiger partial charge in [-0.3, -0.25) is 9.48 Å². The van der Waals surface area contributed by atoms with Crippen molar-refractivity contribution >= 4 is 40.7 Å². The van der Waals surface area contributed by atoms with Crippen molar-refractivity contribution in [2.45, 2.75) is 20.0 Å². The van der Waals surface area contributed by atoms with Crippen molar-refractivity contribution in [3.63, 3.8) is 0 Å². The highest BCUT2D eigenvalue weighted by Gasteiger charge is 2.24. The lowest BCUT2D eigenvalue weighted by molar-refractivity contribution is -0.389. The third kappa shape index (κ3) is 4.86. The van der Waals surface area contributed by atoms with Gasteiger partial charge in [0.2, 0.25) is 0 Å². The van der Waals surface area contributed by atoms with Crippen molar-refractivity contribution in [2.24, 2.45) is 0 Å². The molecule has 1 amide bonds. The summed E-state index contributed by atoms with van der Waals surface area (Å²) in [4.78, 5) is 23.0. The molecule has 0 aliphatic carbocycles. The summed E-state index contributed by atoms with van der Waals surface area (Å²) in [5.41, 5.74) is 0.954. The van der Waals surface area contributed by atoms with Crippen LogP contribution >= 0.6 is 23.2 Å². The Morgan fingerprint density at radius 1 is 1.21 bits per heavy atom. The summed E-state index contributed by atoms with van der Waals surface area (Å²) in [6.07, 6.45) is 2.89. The van der Waals surface area contributed by atoms with Crippen LogP contribution in [0.1, 0.15) is 27.4 Å². The Balaban J connectivity index is 1.51. The number of nitro groups is 1. The Morgan fingerprint density at radius 3 is 2.70 bits per heavy atom. The smallest absolute Gasteiger partial charge is 0.361 e. The molecule has 0 spiro atoms. The van der Waals surface area contributed by atoms with Crippen LogP contribution in [0.15, 0.2) is 41.2 Å². The van der Waals surface area contributed by atoms with Crippen LogP contribution in [0, 0.1) is 22.9 Å². The van der Waals surface area contributed by atoms with Crippen molar-refractivity contribution in [3.05, 3.63) is 85.2 Å². The number of nitrogens with zero attached hydrogens (tertiary/aromatic N) is 6. The molecular formula is C19H14Cl2FN7O4. The zero-order chi connectivity index (χ0) is 23.7. The number of aryl methyl sites for hydroxylation is 1. The van der Waals surface area contributed by atoms with E-state index in [-0.39, 0.29) is 40.5 Å². The summed E-state index contributed by atoms with van der Waals surface area (Å²) in [6, 6.07) is 5.23. The third-order valence-corrected chi connectivity index (χ3v) is 5.26. The highest BCUT2D eigenvalue weighted by Crippen LogP contribution is 2.24. The number of nitrogens with one attached hydrogen (secondary N) is 1. The minimum absolute atomic E-state index is 0.0250. The fraction of sp³-hybridized carbons (Fsp3) is 0.158. The SMILES string of the molecule is Cc1onc(C(=O)Nc2nn(Cc3ccc(F)cc3Cl)cc2Cl)c1Cn1ccc([N+](=O)[O-])n1. The molecule has 0 aliphatic heterocycles. The second-order valence-corrected chi connectivity index (χ2v) is 7.72. The van der Waals surface area contributed by atoms with Gasteiger partial charge in [0.25, 0.3) is 5.91 Å². The van der Waals surface area contributed by atoms with Crippen LogP contribution < -0.4 is 5.32 Å². The molecular weight excluding hydrogens is 480 g/mol. The van der Waals surface area contributed by atoms with Crippen molar-refractivity contribution in [2.75, 3.05) is 5.32 Å². The average molecular weight is 494 g/mol. The Labute approximate surface area is 194 Å². The lowest BCUT2D eigenvalue weighted by Crippen LogP contribution is -2.17. The standard InChI is InChI=1S/C19H14Cl2FN7O4/c1-10-13(8-27-5-4-16(24-27)29(31)32)17(26-33-10)19(30)23-18-15(21)9-28(25-18)7-11-2-3-12(22)6-14(11)20/h2-6,9H,7-8H2,1H3,(H,23,25,30). The molecule has 33 heavy (non-hydrogen) atoms. The molecule has 0 atom stereocenters. The van der Waals surface area contributed by atoms with E-state index in [0.717, 1.165) is 0 Å². The number of hydrogen-bond donors (Lipinski definition) is 1. The van der Waals surface area contributed by atoms with E-state index in [4.69, 9.17) is 27.7 Å². The molecule has 0 unspecified atom stereocenters. The van der Waals surface area contributed by atoms with Crippen molar-refractivity contribution in [3.8, 4) is 0 Å². The first-order valence-corrected chi connectivity index (χ1v) is 10.1. The monoisotopic (exact) mass is 493 g/mol. The van der Waals surface area contributed by atoms with E-state index in [0.29, 0.717) is 16.9 Å². The summed E-state index contributed by atoms with van der Waals surface area (Å²) in [5.74, 6) is -1.01. The summed E-state index contributed by atoms with van der Waals surface area (Å²) in [7, 11) is 0. The molecule has 0 saturated heterocycles. The van der Waals surface area contributed by atoms with Crippen LogP contribution in [-0.4, -0.2) is 35.5 Å². The maximum atomic E-state index is 13.2. The highest BCUT2D eigenvalue weighted by atomic mass is 35.5. The zero-order valence-corrected chi connectivity index (χ0v) is 18.3. The van der Waals surface area contributed by atoms with Gasteiger partial charge >= 0.3 is 5.82 Å². The van der Waals surface area contributed by atoms with Crippen LogP contribution in [0.5, 0.6) is 0 Å². The average Bonchev–Trinajstić information content (AvgIpc) is 3.45. The van der Waals surface area contributed by atoms with E-state index in [1.807, 2.05) is 0 Å². The molecule has 0 saturated carbocycles. The fourth-order valence-electron chi connectivity index (χ4n) is 3.01. The second-order valence-electron chi connectivity index (χ2n) is 6.91. The van der Waals surface area contributed by atoms with Crippen LogP contribution in [0.25, 0.3) is 0 Å². The van der Waals surface area contributed by atoms with E-state index in [1.165, 1.54) is 46.0 Å². The Hall–Kier alpha value is -3.77. The summed E-state index contributed by atoms with van der Waals surface area (Å²) < 4.78 is 21.1. The van der Waals surface area contributed by atoms with Crippen LogP contribution in [0.3, 0.4) is 0 Å². The molecule has 0 radical (unpaired) electrons. The van der Waals surface area contributed by atoms with Crippen molar-refractivity contribution < 1.29 is 18.6 Å². The van der Waals surface area contributed by atoms with Gasteiger partial charge in [0.15, 0.2) is 11.5 Å². The molecule has 0 bridgehead atoms. The van der Waals surface area contributed by atoms with Crippen LogP contribution in [-0.2, 0) is 13.1 Å². The Kier molecular flexibility index (Phi) is 6.11. The predicted molar refractivity (Wildman–Crippen MR) is 115 cm³/mol. The lowest BCUT2D eigenvalue weighted by atomic mass is 10.2. The normalized spacial score (nSPS) is 11.0. The van der Waals surface area contributed by atoms with Gasteiger partial charge in [0.05, 0.1) is 36.0 Å². The van der Waals surface area contributed by atoms with Crippen LogP contribution in [0.4, 0.5) is 16.0 Å². The van der Waals surface area contributed by atoms with Gasteiger partial charge in [-0.2, -0.15) is 9.78 Å². The number of benzene rings is 1. The van der Waals surface area contributed by atoms with Gasteiger partial charge in [-0.15, -0.1) is 0 Å². The Bertz CT molecular complexity index is 1360. The maximum Gasteiger partial charge on any atom is 0.389 e. The van der Waals surface area contributed by atoms with Gasteiger partial charge in [0, 0.05) is 11.2 Å². The van der Waals surface area contributed by atoms with Gasteiger partial charge in [-0.25, -0.2) is 4.39 Å². The molecule has 3 aromatic heterocycles. The molecule has 1 aromatic carbocycles. The number of amides is 1.